The highest BCUT2D eigenvalue weighted by molar-refractivity contribution is 4.78. The Morgan fingerprint density at radius 2 is 1.44 bits per heavy atom. The Balaban J connectivity index is 0.000000673. The summed E-state index contributed by atoms with van der Waals surface area (Å²) in [7, 11) is 0. The molecule has 0 radical (unpaired) electrons. The van der Waals surface area contributed by atoms with Crippen molar-refractivity contribution in [3.8, 4) is 0 Å². The minimum absolute atomic E-state index is 0.634. The maximum absolute atomic E-state index is 3.63. The van der Waals surface area contributed by atoms with Crippen molar-refractivity contribution >= 4 is 0 Å². The molecule has 1 aliphatic carbocycles. The Kier molecular flexibility index (Phi) is 9.02. The molecular weight excluding hydrogens is 194 g/mol. The molecule has 0 spiro atoms. The summed E-state index contributed by atoms with van der Waals surface area (Å²) in [6.07, 6.45) is 6.99. The predicted molar refractivity (Wildman–Crippen MR) is 74.8 cm³/mol. The maximum Gasteiger partial charge on any atom is 0.00693 e. The molecule has 0 amide bonds. The van der Waals surface area contributed by atoms with E-state index in [1.54, 1.807) is 0 Å². The van der Waals surface area contributed by atoms with E-state index in [0.717, 1.165) is 11.8 Å². The first kappa shape index (κ1) is 16.0. The topological polar surface area (TPSA) is 12.0 Å². The molecular formula is C15H33N. The van der Waals surface area contributed by atoms with Crippen LogP contribution in [0.3, 0.4) is 0 Å². The molecule has 0 bridgehead atoms. The van der Waals surface area contributed by atoms with Gasteiger partial charge in [0.1, 0.15) is 0 Å². The second kappa shape index (κ2) is 9.04. The molecule has 0 unspecified atom stereocenters. The van der Waals surface area contributed by atoms with E-state index < -0.39 is 0 Å². The van der Waals surface area contributed by atoms with Crippen molar-refractivity contribution in [3.63, 3.8) is 0 Å². The summed E-state index contributed by atoms with van der Waals surface area (Å²) in [5.74, 6) is 1.90. The first-order valence-corrected chi connectivity index (χ1v) is 7.27. The summed E-state index contributed by atoms with van der Waals surface area (Å²) in [5.41, 5.74) is 0. The fraction of sp³-hybridized carbons (Fsp3) is 1.00. The van der Waals surface area contributed by atoms with Gasteiger partial charge in [0.15, 0.2) is 0 Å². The zero-order valence-electron chi connectivity index (χ0n) is 12.3. The van der Waals surface area contributed by atoms with Crippen LogP contribution in [0.2, 0.25) is 0 Å². The first-order chi connectivity index (χ1) is 7.51. The van der Waals surface area contributed by atoms with E-state index in [2.05, 4.69) is 46.9 Å². The number of hydrogen-bond donors (Lipinski definition) is 1. The average molecular weight is 227 g/mol. The van der Waals surface area contributed by atoms with Gasteiger partial charge in [-0.3, -0.25) is 0 Å². The van der Waals surface area contributed by atoms with Crippen LogP contribution in [-0.4, -0.2) is 12.1 Å². The molecule has 0 aromatic carbocycles. The van der Waals surface area contributed by atoms with Gasteiger partial charge in [-0.15, -0.1) is 0 Å². The minimum Gasteiger partial charge on any atom is -0.312 e. The van der Waals surface area contributed by atoms with Gasteiger partial charge in [0.2, 0.25) is 0 Å². The van der Waals surface area contributed by atoms with E-state index in [9.17, 15) is 0 Å². The molecule has 1 heteroatoms. The van der Waals surface area contributed by atoms with Crippen LogP contribution in [0.1, 0.15) is 73.6 Å². The van der Waals surface area contributed by atoms with Gasteiger partial charge in [0, 0.05) is 12.1 Å². The number of nitrogens with one attached hydrogen (secondary N) is 1. The zero-order valence-corrected chi connectivity index (χ0v) is 12.3. The first-order valence-electron chi connectivity index (χ1n) is 7.27. The summed E-state index contributed by atoms with van der Waals surface area (Å²) < 4.78 is 0. The lowest BCUT2D eigenvalue weighted by Gasteiger charge is -2.32. The van der Waals surface area contributed by atoms with Crippen molar-refractivity contribution in [2.45, 2.75) is 85.7 Å². The molecule has 1 nitrogen and oxygen atoms in total. The highest BCUT2D eigenvalue weighted by Gasteiger charge is 2.23. The monoisotopic (exact) mass is 227 g/mol. The highest BCUT2D eigenvalue weighted by atomic mass is 14.9. The Labute approximate surface area is 103 Å². The van der Waals surface area contributed by atoms with E-state index in [1.165, 1.54) is 32.1 Å². The van der Waals surface area contributed by atoms with Crippen LogP contribution in [0.4, 0.5) is 0 Å². The number of rotatable bonds is 3. The SMILES string of the molecule is CC1CCC([C@H](C)NC(C)C)CC1.CCC. The van der Waals surface area contributed by atoms with Crippen LogP contribution >= 0.6 is 0 Å². The van der Waals surface area contributed by atoms with Crippen LogP contribution in [-0.2, 0) is 0 Å². The average Bonchev–Trinajstić information content (AvgIpc) is 2.18. The molecule has 98 valence electrons. The minimum atomic E-state index is 0.634. The van der Waals surface area contributed by atoms with E-state index in [4.69, 9.17) is 0 Å². The quantitative estimate of drug-likeness (QED) is 0.742. The maximum atomic E-state index is 3.63. The summed E-state index contributed by atoms with van der Waals surface area (Å²) in [5, 5.41) is 3.63. The van der Waals surface area contributed by atoms with Crippen molar-refractivity contribution in [2.75, 3.05) is 0 Å². The standard InChI is InChI=1S/C12H25N.C3H8/c1-9(2)13-11(4)12-7-5-10(3)6-8-12;1-3-2/h9-13H,5-8H2,1-4H3;3H2,1-2H3/t10?,11-,12?;/m0./s1. The molecule has 0 aromatic heterocycles. The molecule has 16 heavy (non-hydrogen) atoms. The third-order valence-corrected chi connectivity index (χ3v) is 3.36. The Hall–Kier alpha value is -0.0400. The molecule has 1 aliphatic rings. The lowest BCUT2D eigenvalue weighted by molar-refractivity contribution is 0.232. The second-order valence-corrected chi connectivity index (χ2v) is 5.84. The summed E-state index contributed by atoms with van der Waals surface area (Å²) >= 11 is 0. The van der Waals surface area contributed by atoms with Crippen molar-refractivity contribution in [1.82, 2.24) is 5.32 Å². The largest absolute Gasteiger partial charge is 0.312 e. The zero-order chi connectivity index (χ0) is 12.6. The molecule has 0 heterocycles. The van der Waals surface area contributed by atoms with E-state index in [-0.39, 0.29) is 0 Å². The summed E-state index contributed by atoms with van der Waals surface area (Å²) in [6.45, 7) is 13.5. The van der Waals surface area contributed by atoms with Gasteiger partial charge < -0.3 is 5.32 Å². The van der Waals surface area contributed by atoms with Crippen LogP contribution in [0.5, 0.6) is 0 Å². The fourth-order valence-corrected chi connectivity index (χ4v) is 2.45. The van der Waals surface area contributed by atoms with Gasteiger partial charge in [-0.25, -0.2) is 0 Å². The third-order valence-electron chi connectivity index (χ3n) is 3.36. The van der Waals surface area contributed by atoms with Crippen LogP contribution in [0.15, 0.2) is 0 Å². The van der Waals surface area contributed by atoms with Crippen molar-refractivity contribution in [1.29, 1.82) is 0 Å². The Morgan fingerprint density at radius 1 is 1.00 bits per heavy atom. The third kappa shape index (κ3) is 7.27. The van der Waals surface area contributed by atoms with Gasteiger partial charge in [-0.05, 0) is 31.6 Å². The fourth-order valence-electron chi connectivity index (χ4n) is 2.45. The molecule has 1 N–H and O–H groups in total. The van der Waals surface area contributed by atoms with Crippen molar-refractivity contribution in [3.05, 3.63) is 0 Å². The van der Waals surface area contributed by atoms with Gasteiger partial charge in [-0.2, -0.15) is 0 Å². The van der Waals surface area contributed by atoms with Crippen molar-refractivity contribution < 1.29 is 0 Å². The van der Waals surface area contributed by atoms with Crippen LogP contribution < -0.4 is 5.32 Å². The van der Waals surface area contributed by atoms with E-state index in [0.29, 0.717) is 12.1 Å². The van der Waals surface area contributed by atoms with E-state index >= 15 is 0 Å². The number of hydrogen-bond acceptors (Lipinski definition) is 1. The van der Waals surface area contributed by atoms with Crippen LogP contribution in [0.25, 0.3) is 0 Å². The smallest absolute Gasteiger partial charge is 0.00693 e. The van der Waals surface area contributed by atoms with Gasteiger partial charge in [0.05, 0.1) is 0 Å². The second-order valence-electron chi connectivity index (χ2n) is 5.84. The predicted octanol–water partition coefficient (Wildman–Crippen LogP) is 4.62. The lowest BCUT2D eigenvalue weighted by Crippen LogP contribution is -2.39. The highest BCUT2D eigenvalue weighted by Crippen LogP contribution is 2.30. The molecule has 0 aromatic rings. The van der Waals surface area contributed by atoms with Crippen molar-refractivity contribution in [2.24, 2.45) is 11.8 Å². The molecule has 1 fully saturated rings. The molecule has 0 aliphatic heterocycles. The molecule has 0 saturated heterocycles. The molecule has 1 saturated carbocycles. The normalized spacial score (nSPS) is 27.2. The van der Waals surface area contributed by atoms with Gasteiger partial charge >= 0.3 is 0 Å². The summed E-state index contributed by atoms with van der Waals surface area (Å²) in [6, 6.07) is 1.35. The van der Waals surface area contributed by atoms with Crippen LogP contribution in [0, 0.1) is 11.8 Å². The Morgan fingerprint density at radius 3 is 1.81 bits per heavy atom. The summed E-state index contributed by atoms with van der Waals surface area (Å²) in [4.78, 5) is 0. The van der Waals surface area contributed by atoms with Gasteiger partial charge in [0.25, 0.3) is 0 Å². The lowest BCUT2D eigenvalue weighted by atomic mass is 9.79. The van der Waals surface area contributed by atoms with Gasteiger partial charge in [-0.1, -0.05) is 53.9 Å². The Bertz CT molecular complexity index is 146. The van der Waals surface area contributed by atoms with E-state index in [1.807, 2.05) is 0 Å². The molecule has 1 rings (SSSR count). The molecule has 1 atom stereocenters.